The number of amides is 1. The molecule has 8 nitrogen and oxygen atoms in total. The summed E-state index contributed by atoms with van der Waals surface area (Å²) in [4.78, 5) is 33.8. The molecule has 1 aromatic carbocycles. The predicted octanol–water partition coefficient (Wildman–Crippen LogP) is 1.35. The molecule has 0 bridgehead atoms. The fourth-order valence-electron chi connectivity index (χ4n) is 3.04. The lowest BCUT2D eigenvalue weighted by Gasteiger charge is -2.13. The number of hydrogen-bond acceptors (Lipinski definition) is 6. The van der Waals surface area contributed by atoms with E-state index in [0.29, 0.717) is 42.0 Å². The first-order chi connectivity index (χ1) is 13.6. The van der Waals surface area contributed by atoms with Gasteiger partial charge in [0.05, 0.1) is 11.4 Å². The normalized spacial score (nSPS) is 13.5. The summed E-state index contributed by atoms with van der Waals surface area (Å²) >= 11 is 0. The quantitative estimate of drug-likeness (QED) is 0.596. The van der Waals surface area contributed by atoms with Crippen LogP contribution in [0.5, 0.6) is 0 Å². The average Bonchev–Trinajstić information content (AvgIpc) is 3.50. The van der Waals surface area contributed by atoms with Crippen molar-refractivity contribution in [3.8, 4) is 5.69 Å². The monoisotopic (exact) mass is 378 g/mol. The topological polar surface area (TPSA) is 115 Å². The van der Waals surface area contributed by atoms with Crippen LogP contribution in [0, 0.1) is 6.92 Å². The highest BCUT2D eigenvalue weighted by atomic mass is 16.1. The number of hydrogen-bond donors (Lipinski definition) is 3. The van der Waals surface area contributed by atoms with Crippen molar-refractivity contribution in [1.29, 1.82) is 0 Å². The summed E-state index contributed by atoms with van der Waals surface area (Å²) in [7, 11) is 0. The fourth-order valence-corrected chi connectivity index (χ4v) is 3.04. The maximum Gasteiger partial charge on any atom is 0.256 e. The SMILES string of the molecule is Cc1nc(NCCN)nc2c1ccc(=O)n2-c1ccc(C(=O)NC2CC2)cc1. The van der Waals surface area contributed by atoms with Crippen LogP contribution in [0.4, 0.5) is 5.95 Å². The molecular formula is C20H22N6O2. The molecule has 0 atom stereocenters. The van der Waals surface area contributed by atoms with Crippen LogP contribution in [0.25, 0.3) is 16.7 Å². The van der Waals surface area contributed by atoms with Gasteiger partial charge in [-0.15, -0.1) is 0 Å². The first-order valence-electron chi connectivity index (χ1n) is 9.32. The van der Waals surface area contributed by atoms with Crippen LogP contribution < -0.4 is 21.9 Å². The van der Waals surface area contributed by atoms with Crippen LogP contribution >= 0.6 is 0 Å². The van der Waals surface area contributed by atoms with Crippen LogP contribution in [0.1, 0.15) is 28.9 Å². The number of benzene rings is 1. The van der Waals surface area contributed by atoms with E-state index in [2.05, 4.69) is 20.6 Å². The molecule has 4 N–H and O–H groups in total. The van der Waals surface area contributed by atoms with Crippen LogP contribution in [0.3, 0.4) is 0 Å². The maximum atomic E-state index is 12.6. The van der Waals surface area contributed by atoms with Crippen molar-refractivity contribution in [2.45, 2.75) is 25.8 Å². The highest BCUT2D eigenvalue weighted by Crippen LogP contribution is 2.21. The summed E-state index contributed by atoms with van der Waals surface area (Å²) in [5, 5.41) is 6.80. The molecule has 3 aromatic rings. The molecule has 1 aliphatic rings. The summed E-state index contributed by atoms with van der Waals surface area (Å²) in [6, 6.07) is 10.5. The van der Waals surface area contributed by atoms with Gasteiger partial charge in [-0.05, 0) is 50.1 Å². The van der Waals surface area contributed by atoms with E-state index in [0.717, 1.165) is 23.9 Å². The van der Waals surface area contributed by atoms with Crippen LogP contribution in [0.2, 0.25) is 0 Å². The van der Waals surface area contributed by atoms with Crippen LogP contribution in [-0.2, 0) is 0 Å². The van der Waals surface area contributed by atoms with Crippen molar-refractivity contribution in [1.82, 2.24) is 19.9 Å². The molecule has 2 heterocycles. The number of aryl methyl sites for hydroxylation is 1. The zero-order valence-corrected chi connectivity index (χ0v) is 15.6. The Morgan fingerprint density at radius 2 is 1.93 bits per heavy atom. The first kappa shape index (κ1) is 18.1. The van der Waals surface area contributed by atoms with Crippen molar-refractivity contribution >= 4 is 22.9 Å². The van der Waals surface area contributed by atoms with Gasteiger partial charge in [-0.1, -0.05) is 0 Å². The number of nitrogens with zero attached hydrogens (tertiary/aromatic N) is 3. The second-order valence-corrected chi connectivity index (χ2v) is 6.89. The van der Waals surface area contributed by atoms with E-state index in [4.69, 9.17) is 5.73 Å². The Labute approximate surface area is 161 Å². The molecular weight excluding hydrogens is 356 g/mol. The molecule has 8 heteroatoms. The molecule has 1 fully saturated rings. The minimum atomic E-state index is -0.203. The van der Waals surface area contributed by atoms with Crippen LogP contribution in [0.15, 0.2) is 41.2 Å². The van der Waals surface area contributed by atoms with Gasteiger partial charge in [0, 0.05) is 36.1 Å². The number of nitrogens with one attached hydrogen (secondary N) is 2. The van der Waals surface area contributed by atoms with Gasteiger partial charge in [-0.25, -0.2) is 4.98 Å². The third kappa shape index (κ3) is 3.59. The Morgan fingerprint density at radius 3 is 2.61 bits per heavy atom. The van der Waals surface area contributed by atoms with E-state index < -0.39 is 0 Å². The second-order valence-electron chi connectivity index (χ2n) is 6.89. The Hall–Kier alpha value is -3.26. The van der Waals surface area contributed by atoms with Crippen molar-refractivity contribution in [3.63, 3.8) is 0 Å². The minimum Gasteiger partial charge on any atom is -0.353 e. The van der Waals surface area contributed by atoms with Gasteiger partial charge in [0.25, 0.3) is 11.5 Å². The zero-order valence-electron chi connectivity index (χ0n) is 15.6. The number of nitrogens with two attached hydrogens (primary N) is 1. The number of carbonyl (C=O) groups is 1. The van der Waals surface area contributed by atoms with Gasteiger partial charge in [0.2, 0.25) is 5.95 Å². The summed E-state index contributed by atoms with van der Waals surface area (Å²) in [5.41, 5.74) is 7.82. The van der Waals surface area contributed by atoms with Gasteiger partial charge >= 0.3 is 0 Å². The average molecular weight is 378 g/mol. The largest absolute Gasteiger partial charge is 0.353 e. The molecule has 0 unspecified atom stereocenters. The first-order valence-corrected chi connectivity index (χ1v) is 9.32. The smallest absolute Gasteiger partial charge is 0.256 e. The number of carbonyl (C=O) groups excluding carboxylic acids is 1. The van der Waals surface area contributed by atoms with Gasteiger partial charge in [-0.3, -0.25) is 14.2 Å². The van der Waals surface area contributed by atoms with E-state index in [1.165, 1.54) is 10.6 Å². The predicted molar refractivity (Wildman–Crippen MR) is 108 cm³/mol. The number of aromatic nitrogens is 3. The van der Waals surface area contributed by atoms with Crippen molar-refractivity contribution < 1.29 is 4.79 Å². The zero-order chi connectivity index (χ0) is 19.7. The Balaban J connectivity index is 1.76. The summed E-state index contributed by atoms with van der Waals surface area (Å²) < 4.78 is 1.53. The maximum absolute atomic E-state index is 12.6. The van der Waals surface area contributed by atoms with E-state index in [1.807, 2.05) is 6.92 Å². The van der Waals surface area contributed by atoms with Gasteiger partial charge in [-0.2, -0.15) is 4.98 Å². The van der Waals surface area contributed by atoms with Gasteiger partial charge < -0.3 is 16.4 Å². The van der Waals surface area contributed by atoms with Crippen molar-refractivity contribution in [2.24, 2.45) is 5.73 Å². The minimum absolute atomic E-state index is 0.0919. The number of rotatable bonds is 6. The molecule has 2 aromatic heterocycles. The molecule has 1 saturated carbocycles. The van der Waals surface area contributed by atoms with Crippen LogP contribution in [-0.4, -0.2) is 39.6 Å². The van der Waals surface area contributed by atoms with E-state index in [9.17, 15) is 9.59 Å². The molecule has 144 valence electrons. The lowest BCUT2D eigenvalue weighted by atomic mass is 10.1. The Morgan fingerprint density at radius 1 is 1.18 bits per heavy atom. The Bertz CT molecular complexity index is 1090. The molecule has 28 heavy (non-hydrogen) atoms. The van der Waals surface area contributed by atoms with Gasteiger partial charge in [0.15, 0.2) is 5.65 Å². The molecule has 1 aliphatic carbocycles. The highest BCUT2D eigenvalue weighted by molar-refractivity contribution is 5.94. The molecule has 4 rings (SSSR count). The van der Waals surface area contributed by atoms with Crippen molar-refractivity contribution in [2.75, 3.05) is 18.4 Å². The molecule has 0 aliphatic heterocycles. The van der Waals surface area contributed by atoms with E-state index >= 15 is 0 Å². The number of pyridine rings is 1. The standard InChI is InChI=1S/C20H22N6O2/c1-12-16-8-9-17(27)26(18(16)25-20(23-12)22-11-10-21)15-6-2-13(3-7-15)19(28)24-14-4-5-14/h2-3,6-9,14H,4-5,10-11,21H2,1H3,(H,24,28)(H,22,23,25). The lowest BCUT2D eigenvalue weighted by molar-refractivity contribution is 0.0951. The fraction of sp³-hybridized carbons (Fsp3) is 0.300. The van der Waals surface area contributed by atoms with Crippen molar-refractivity contribution in [3.05, 3.63) is 58.0 Å². The summed E-state index contributed by atoms with van der Waals surface area (Å²) in [6.45, 7) is 2.86. The van der Waals surface area contributed by atoms with Gasteiger partial charge in [0.1, 0.15) is 0 Å². The van der Waals surface area contributed by atoms with E-state index in [1.54, 1.807) is 30.3 Å². The summed E-state index contributed by atoms with van der Waals surface area (Å²) in [6.07, 6.45) is 2.07. The second kappa shape index (κ2) is 7.40. The number of fused-ring (bicyclic) bond motifs is 1. The highest BCUT2D eigenvalue weighted by Gasteiger charge is 2.23. The molecule has 0 radical (unpaired) electrons. The molecule has 0 saturated heterocycles. The lowest BCUT2D eigenvalue weighted by Crippen LogP contribution is -2.25. The number of anilines is 1. The molecule has 1 amide bonds. The summed E-state index contributed by atoms with van der Waals surface area (Å²) in [5.74, 6) is 0.334. The van der Waals surface area contributed by atoms with E-state index in [-0.39, 0.29) is 11.5 Å². The third-order valence-corrected chi connectivity index (χ3v) is 4.67. The third-order valence-electron chi connectivity index (χ3n) is 4.67. The molecule has 0 spiro atoms. The Kier molecular flexibility index (Phi) is 4.79.